The van der Waals surface area contributed by atoms with Gasteiger partial charge in [-0.15, -0.1) is 0 Å². The van der Waals surface area contributed by atoms with E-state index in [1.807, 2.05) is 19.1 Å². The summed E-state index contributed by atoms with van der Waals surface area (Å²) in [7, 11) is 0. The molecule has 1 aromatic carbocycles. The second-order valence-corrected chi connectivity index (χ2v) is 3.91. The van der Waals surface area contributed by atoms with Gasteiger partial charge in [-0.2, -0.15) is 5.26 Å². The quantitative estimate of drug-likeness (QED) is 0.697. The Labute approximate surface area is 83.0 Å². The minimum atomic E-state index is -0.248. The molecule has 1 aliphatic heterocycles. The molecule has 14 heavy (non-hydrogen) atoms. The molecular formula is C11H12N2O. The molecule has 72 valence electrons. The molecule has 0 spiro atoms. The SMILES string of the molecule is C[C@]1(CO)CNc2c(C#N)cccc21. The lowest BCUT2D eigenvalue weighted by Crippen LogP contribution is -2.28. The maximum absolute atomic E-state index is 9.31. The van der Waals surface area contributed by atoms with Gasteiger partial charge in [0.05, 0.1) is 17.9 Å². The largest absolute Gasteiger partial charge is 0.395 e. The summed E-state index contributed by atoms with van der Waals surface area (Å²) in [5, 5.41) is 21.4. The predicted molar refractivity (Wildman–Crippen MR) is 54.1 cm³/mol. The van der Waals surface area contributed by atoms with Gasteiger partial charge in [-0.05, 0) is 11.6 Å². The molecule has 0 aromatic heterocycles. The van der Waals surface area contributed by atoms with Crippen LogP contribution < -0.4 is 5.32 Å². The summed E-state index contributed by atoms with van der Waals surface area (Å²) in [6.07, 6.45) is 0. The average Bonchev–Trinajstić information content (AvgIpc) is 2.58. The van der Waals surface area contributed by atoms with Crippen LogP contribution in [0.25, 0.3) is 0 Å². The van der Waals surface area contributed by atoms with Gasteiger partial charge in [0.1, 0.15) is 6.07 Å². The van der Waals surface area contributed by atoms with E-state index < -0.39 is 0 Å². The van der Waals surface area contributed by atoms with Crippen LogP contribution in [0.1, 0.15) is 18.1 Å². The fraction of sp³-hybridized carbons (Fsp3) is 0.364. The van der Waals surface area contributed by atoms with Crippen molar-refractivity contribution < 1.29 is 5.11 Å². The Hall–Kier alpha value is -1.53. The third-order valence-electron chi connectivity index (χ3n) is 2.84. The Morgan fingerprint density at radius 3 is 3.07 bits per heavy atom. The van der Waals surface area contributed by atoms with Gasteiger partial charge >= 0.3 is 0 Å². The van der Waals surface area contributed by atoms with E-state index in [0.717, 1.165) is 11.3 Å². The molecule has 0 amide bonds. The lowest BCUT2D eigenvalue weighted by atomic mass is 9.85. The van der Waals surface area contributed by atoms with Crippen molar-refractivity contribution in [2.75, 3.05) is 18.5 Å². The summed E-state index contributed by atoms with van der Waals surface area (Å²) in [5.41, 5.74) is 2.33. The van der Waals surface area contributed by atoms with Gasteiger partial charge in [0, 0.05) is 12.0 Å². The number of anilines is 1. The Morgan fingerprint density at radius 2 is 2.43 bits per heavy atom. The van der Waals surface area contributed by atoms with Gasteiger partial charge in [0.25, 0.3) is 0 Å². The monoisotopic (exact) mass is 188 g/mol. The van der Waals surface area contributed by atoms with Crippen molar-refractivity contribution in [1.82, 2.24) is 0 Å². The van der Waals surface area contributed by atoms with E-state index >= 15 is 0 Å². The van der Waals surface area contributed by atoms with Gasteiger partial charge in [0.2, 0.25) is 0 Å². The Balaban J connectivity index is 2.59. The molecule has 2 rings (SSSR count). The van der Waals surface area contributed by atoms with Gasteiger partial charge in [-0.25, -0.2) is 0 Å². The number of hydrogen-bond donors (Lipinski definition) is 2. The number of aliphatic hydroxyl groups is 1. The summed E-state index contributed by atoms with van der Waals surface area (Å²) in [6.45, 7) is 2.78. The maximum Gasteiger partial charge on any atom is 0.101 e. The van der Waals surface area contributed by atoms with E-state index in [9.17, 15) is 5.11 Å². The number of hydrogen-bond acceptors (Lipinski definition) is 3. The maximum atomic E-state index is 9.31. The van der Waals surface area contributed by atoms with Crippen molar-refractivity contribution in [3.63, 3.8) is 0 Å². The zero-order chi connectivity index (χ0) is 10.2. The van der Waals surface area contributed by atoms with Crippen LogP contribution in [0.4, 0.5) is 5.69 Å². The lowest BCUT2D eigenvalue weighted by molar-refractivity contribution is 0.218. The average molecular weight is 188 g/mol. The number of rotatable bonds is 1. The van der Waals surface area contributed by atoms with E-state index in [1.165, 1.54) is 0 Å². The molecule has 1 atom stereocenters. The van der Waals surface area contributed by atoms with Gasteiger partial charge in [0.15, 0.2) is 0 Å². The number of benzene rings is 1. The highest BCUT2D eigenvalue weighted by molar-refractivity contribution is 5.68. The molecule has 0 saturated heterocycles. The zero-order valence-corrected chi connectivity index (χ0v) is 8.04. The topological polar surface area (TPSA) is 56.0 Å². The number of nitrogens with one attached hydrogen (secondary N) is 1. The molecule has 3 nitrogen and oxygen atoms in total. The number of nitriles is 1. The molecule has 3 heteroatoms. The van der Waals surface area contributed by atoms with Crippen LogP contribution >= 0.6 is 0 Å². The molecule has 1 aliphatic rings. The number of para-hydroxylation sites is 1. The van der Waals surface area contributed by atoms with Crippen LogP contribution in [0.15, 0.2) is 18.2 Å². The number of fused-ring (bicyclic) bond motifs is 1. The first-order valence-corrected chi connectivity index (χ1v) is 4.59. The third kappa shape index (κ3) is 1.08. The van der Waals surface area contributed by atoms with E-state index in [-0.39, 0.29) is 12.0 Å². The molecule has 0 unspecified atom stereocenters. The molecule has 0 aliphatic carbocycles. The second kappa shape index (κ2) is 3.00. The summed E-state index contributed by atoms with van der Waals surface area (Å²) in [6, 6.07) is 7.76. The lowest BCUT2D eigenvalue weighted by Gasteiger charge is -2.20. The van der Waals surface area contributed by atoms with Crippen LogP contribution in [-0.2, 0) is 5.41 Å². The predicted octanol–water partition coefficient (Wildman–Crippen LogP) is 1.23. The minimum Gasteiger partial charge on any atom is -0.395 e. The first-order valence-electron chi connectivity index (χ1n) is 4.59. The number of nitrogens with zero attached hydrogens (tertiary/aromatic N) is 1. The highest BCUT2D eigenvalue weighted by atomic mass is 16.3. The first kappa shape index (κ1) is 9.04. The van der Waals surface area contributed by atoms with E-state index in [1.54, 1.807) is 6.07 Å². The van der Waals surface area contributed by atoms with Crippen molar-refractivity contribution in [3.05, 3.63) is 29.3 Å². The fourth-order valence-corrected chi connectivity index (χ4v) is 1.86. The van der Waals surface area contributed by atoms with Crippen LogP contribution in [0.5, 0.6) is 0 Å². The highest BCUT2D eigenvalue weighted by Crippen LogP contribution is 2.37. The fourth-order valence-electron chi connectivity index (χ4n) is 1.86. The molecule has 1 aromatic rings. The summed E-state index contributed by atoms with van der Waals surface area (Å²) in [4.78, 5) is 0. The second-order valence-electron chi connectivity index (χ2n) is 3.91. The van der Waals surface area contributed by atoms with Crippen molar-refractivity contribution in [2.45, 2.75) is 12.3 Å². The van der Waals surface area contributed by atoms with Gasteiger partial charge in [-0.1, -0.05) is 19.1 Å². The highest BCUT2D eigenvalue weighted by Gasteiger charge is 2.34. The molecule has 0 bridgehead atoms. The molecule has 0 fully saturated rings. The summed E-state index contributed by atoms with van der Waals surface area (Å²) >= 11 is 0. The Kier molecular flexibility index (Phi) is 1.94. The smallest absolute Gasteiger partial charge is 0.101 e. The molecule has 2 N–H and O–H groups in total. The van der Waals surface area contributed by atoms with Crippen molar-refractivity contribution >= 4 is 5.69 Å². The van der Waals surface area contributed by atoms with Crippen LogP contribution in [-0.4, -0.2) is 18.3 Å². The third-order valence-corrected chi connectivity index (χ3v) is 2.84. The van der Waals surface area contributed by atoms with Crippen LogP contribution in [0.3, 0.4) is 0 Å². The van der Waals surface area contributed by atoms with Crippen LogP contribution in [0.2, 0.25) is 0 Å². The normalized spacial score (nSPS) is 23.8. The standard InChI is InChI=1S/C11H12N2O/c1-11(7-14)6-13-10-8(5-12)3-2-4-9(10)11/h2-4,13-14H,6-7H2,1H3/t11-/m1/s1. The molecule has 1 heterocycles. The molecule has 0 radical (unpaired) electrons. The van der Waals surface area contributed by atoms with E-state index in [4.69, 9.17) is 5.26 Å². The van der Waals surface area contributed by atoms with Crippen molar-refractivity contribution in [3.8, 4) is 6.07 Å². The Bertz CT molecular complexity index is 408. The summed E-state index contributed by atoms with van der Waals surface area (Å²) in [5.74, 6) is 0. The van der Waals surface area contributed by atoms with E-state index in [0.29, 0.717) is 12.1 Å². The van der Waals surface area contributed by atoms with Gasteiger partial charge in [-0.3, -0.25) is 0 Å². The first-order chi connectivity index (χ1) is 6.71. The van der Waals surface area contributed by atoms with Crippen molar-refractivity contribution in [2.24, 2.45) is 0 Å². The molecule has 0 saturated carbocycles. The summed E-state index contributed by atoms with van der Waals surface area (Å²) < 4.78 is 0. The Morgan fingerprint density at radius 1 is 1.64 bits per heavy atom. The van der Waals surface area contributed by atoms with Crippen molar-refractivity contribution in [1.29, 1.82) is 5.26 Å². The number of aliphatic hydroxyl groups excluding tert-OH is 1. The molecular weight excluding hydrogens is 176 g/mol. The van der Waals surface area contributed by atoms with Gasteiger partial charge < -0.3 is 10.4 Å². The zero-order valence-electron chi connectivity index (χ0n) is 8.04. The minimum absolute atomic E-state index is 0.0991. The van der Waals surface area contributed by atoms with Crippen LogP contribution in [0, 0.1) is 11.3 Å². The van der Waals surface area contributed by atoms with E-state index in [2.05, 4.69) is 11.4 Å².